The molecule has 0 aliphatic heterocycles. The molecular formula is C12H27N3. The van der Waals surface area contributed by atoms with E-state index in [4.69, 9.17) is 5.73 Å². The Balaban J connectivity index is 2.25. The summed E-state index contributed by atoms with van der Waals surface area (Å²) in [4.78, 5) is 2.27. The minimum Gasteiger partial charge on any atom is -0.328 e. The fraction of sp³-hybridized carbons (Fsp3) is 1.00. The molecule has 3 N–H and O–H groups in total. The molecule has 3 nitrogen and oxygen atoms in total. The Bertz CT molecular complexity index is 181. The van der Waals surface area contributed by atoms with Crippen molar-refractivity contribution in [3.8, 4) is 0 Å². The summed E-state index contributed by atoms with van der Waals surface area (Å²) in [7, 11) is 4.27. The molecule has 1 saturated carbocycles. The molecule has 0 radical (unpaired) electrons. The molecule has 1 fully saturated rings. The van der Waals surface area contributed by atoms with Gasteiger partial charge in [0.15, 0.2) is 0 Å². The number of hydrogen-bond acceptors (Lipinski definition) is 3. The maximum absolute atomic E-state index is 5.89. The first-order valence-electron chi connectivity index (χ1n) is 6.08. The van der Waals surface area contributed by atoms with Crippen molar-refractivity contribution in [3.63, 3.8) is 0 Å². The quantitative estimate of drug-likeness (QED) is 0.737. The van der Waals surface area contributed by atoms with Crippen molar-refractivity contribution in [1.29, 1.82) is 0 Å². The zero-order valence-corrected chi connectivity index (χ0v) is 10.7. The summed E-state index contributed by atoms with van der Waals surface area (Å²) >= 11 is 0. The van der Waals surface area contributed by atoms with Crippen LogP contribution >= 0.6 is 0 Å². The third kappa shape index (κ3) is 4.09. The Labute approximate surface area is 94.4 Å². The average Bonchev–Trinajstić information content (AvgIpc) is 2.17. The molecule has 1 aliphatic rings. The van der Waals surface area contributed by atoms with Gasteiger partial charge < -0.3 is 16.0 Å². The van der Waals surface area contributed by atoms with Crippen LogP contribution in [0.25, 0.3) is 0 Å². The van der Waals surface area contributed by atoms with Crippen molar-refractivity contribution in [2.45, 2.75) is 57.2 Å². The Morgan fingerprint density at radius 2 is 1.73 bits per heavy atom. The molecule has 15 heavy (non-hydrogen) atoms. The largest absolute Gasteiger partial charge is 0.328 e. The van der Waals surface area contributed by atoms with Crippen molar-refractivity contribution in [1.82, 2.24) is 10.2 Å². The molecular weight excluding hydrogens is 186 g/mol. The predicted octanol–water partition coefficient (Wildman–Crippen LogP) is 1.19. The van der Waals surface area contributed by atoms with Gasteiger partial charge in [-0.3, -0.25) is 0 Å². The van der Waals surface area contributed by atoms with Crippen LogP contribution in [0.2, 0.25) is 0 Å². The summed E-state index contributed by atoms with van der Waals surface area (Å²) in [5, 5.41) is 3.67. The standard InChI is InChI=1S/C12H27N3/c1-12(2,15(3)4)9-14-11-7-5-10(13)6-8-11/h10-11,14H,5-9,13H2,1-4H3. The third-order valence-corrected chi connectivity index (χ3v) is 3.81. The SMILES string of the molecule is CN(C)C(C)(C)CNC1CCC(N)CC1. The van der Waals surface area contributed by atoms with Gasteiger partial charge in [-0.15, -0.1) is 0 Å². The Morgan fingerprint density at radius 3 is 2.20 bits per heavy atom. The van der Waals surface area contributed by atoms with E-state index in [2.05, 4.69) is 38.2 Å². The summed E-state index contributed by atoms with van der Waals surface area (Å²) in [5.74, 6) is 0. The summed E-state index contributed by atoms with van der Waals surface area (Å²) in [5.41, 5.74) is 6.13. The molecule has 0 spiro atoms. The molecule has 0 aromatic heterocycles. The zero-order chi connectivity index (χ0) is 11.5. The van der Waals surface area contributed by atoms with E-state index in [0.717, 1.165) is 6.54 Å². The highest BCUT2D eigenvalue weighted by molar-refractivity contribution is 4.84. The van der Waals surface area contributed by atoms with Crippen molar-refractivity contribution < 1.29 is 0 Å². The number of hydrogen-bond donors (Lipinski definition) is 2. The first kappa shape index (κ1) is 12.9. The van der Waals surface area contributed by atoms with Crippen LogP contribution in [-0.4, -0.2) is 43.2 Å². The molecule has 0 heterocycles. The maximum Gasteiger partial charge on any atom is 0.0271 e. The van der Waals surface area contributed by atoms with E-state index in [0.29, 0.717) is 12.1 Å². The lowest BCUT2D eigenvalue weighted by molar-refractivity contribution is 0.177. The van der Waals surface area contributed by atoms with Gasteiger partial charge in [-0.05, 0) is 53.6 Å². The summed E-state index contributed by atoms with van der Waals surface area (Å²) in [6.45, 7) is 5.60. The Morgan fingerprint density at radius 1 is 1.20 bits per heavy atom. The molecule has 0 saturated heterocycles. The molecule has 90 valence electrons. The first-order valence-corrected chi connectivity index (χ1v) is 6.08. The normalized spacial score (nSPS) is 28.4. The van der Waals surface area contributed by atoms with Crippen molar-refractivity contribution in [2.75, 3.05) is 20.6 Å². The maximum atomic E-state index is 5.89. The second-order valence-electron chi connectivity index (χ2n) is 5.70. The molecule has 1 rings (SSSR count). The van der Waals surface area contributed by atoms with Crippen molar-refractivity contribution in [2.24, 2.45) is 5.73 Å². The van der Waals surface area contributed by atoms with Crippen LogP contribution in [0, 0.1) is 0 Å². The lowest BCUT2D eigenvalue weighted by Gasteiger charge is -2.36. The number of nitrogens with two attached hydrogens (primary N) is 1. The van der Waals surface area contributed by atoms with Gasteiger partial charge >= 0.3 is 0 Å². The predicted molar refractivity (Wildman–Crippen MR) is 66.0 cm³/mol. The monoisotopic (exact) mass is 213 g/mol. The smallest absolute Gasteiger partial charge is 0.0271 e. The molecule has 3 heteroatoms. The van der Waals surface area contributed by atoms with Gasteiger partial charge in [0.2, 0.25) is 0 Å². The van der Waals surface area contributed by atoms with Crippen LogP contribution < -0.4 is 11.1 Å². The van der Waals surface area contributed by atoms with Gasteiger partial charge in [0.25, 0.3) is 0 Å². The number of rotatable bonds is 4. The molecule has 0 aromatic carbocycles. The van der Waals surface area contributed by atoms with Crippen molar-refractivity contribution in [3.05, 3.63) is 0 Å². The van der Waals surface area contributed by atoms with Gasteiger partial charge in [0.05, 0.1) is 0 Å². The molecule has 0 bridgehead atoms. The molecule has 0 amide bonds. The number of nitrogens with one attached hydrogen (secondary N) is 1. The van der Waals surface area contributed by atoms with Crippen LogP contribution in [0.3, 0.4) is 0 Å². The van der Waals surface area contributed by atoms with Crippen LogP contribution in [0.1, 0.15) is 39.5 Å². The summed E-state index contributed by atoms with van der Waals surface area (Å²) in [6, 6.07) is 1.13. The lowest BCUT2D eigenvalue weighted by Crippen LogP contribution is -2.50. The number of likely N-dealkylation sites (N-methyl/N-ethyl adjacent to an activating group) is 1. The van der Waals surface area contributed by atoms with Crippen LogP contribution in [0.5, 0.6) is 0 Å². The van der Waals surface area contributed by atoms with E-state index >= 15 is 0 Å². The second-order valence-corrected chi connectivity index (χ2v) is 5.70. The van der Waals surface area contributed by atoms with Gasteiger partial charge in [-0.25, -0.2) is 0 Å². The topological polar surface area (TPSA) is 41.3 Å². The second kappa shape index (κ2) is 5.28. The van der Waals surface area contributed by atoms with E-state index in [1.165, 1.54) is 25.7 Å². The Kier molecular flexibility index (Phi) is 4.56. The molecule has 0 aromatic rings. The van der Waals surface area contributed by atoms with E-state index in [1.54, 1.807) is 0 Å². The van der Waals surface area contributed by atoms with Crippen LogP contribution in [-0.2, 0) is 0 Å². The minimum atomic E-state index is 0.236. The fourth-order valence-corrected chi connectivity index (χ4v) is 1.88. The van der Waals surface area contributed by atoms with E-state index < -0.39 is 0 Å². The van der Waals surface area contributed by atoms with E-state index in [-0.39, 0.29) is 5.54 Å². The van der Waals surface area contributed by atoms with Crippen LogP contribution in [0.15, 0.2) is 0 Å². The highest BCUT2D eigenvalue weighted by Crippen LogP contribution is 2.18. The molecule has 0 unspecified atom stereocenters. The number of nitrogens with zero attached hydrogens (tertiary/aromatic N) is 1. The van der Waals surface area contributed by atoms with Gasteiger partial charge in [0.1, 0.15) is 0 Å². The van der Waals surface area contributed by atoms with Gasteiger partial charge in [-0.2, -0.15) is 0 Å². The zero-order valence-electron chi connectivity index (χ0n) is 10.7. The highest BCUT2D eigenvalue weighted by atomic mass is 15.2. The molecule has 0 atom stereocenters. The van der Waals surface area contributed by atoms with E-state index in [1.807, 2.05) is 0 Å². The summed E-state index contributed by atoms with van der Waals surface area (Å²) in [6.07, 6.45) is 4.84. The summed E-state index contributed by atoms with van der Waals surface area (Å²) < 4.78 is 0. The van der Waals surface area contributed by atoms with Crippen molar-refractivity contribution >= 4 is 0 Å². The highest BCUT2D eigenvalue weighted by Gasteiger charge is 2.23. The lowest BCUT2D eigenvalue weighted by atomic mass is 9.91. The van der Waals surface area contributed by atoms with Gasteiger partial charge in [-0.1, -0.05) is 0 Å². The average molecular weight is 213 g/mol. The van der Waals surface area contributed by atoms with Crippen LogP contribution in [0.4, 0.5) is 0 Å². The Hall–Kier alpha value is -0.120. The van der Waals surface area contributed by atoms with Gasteiger partial charge in [0, 0.05) is 24.2 Å². The first-order chi connectivity index (χ1) is 6.92. The van der Waals surface area contributed by atoms with E-state index in [9.17, 15) is 0 Å². The minimum absolute atomic E-state index is 0.236. The fourth-order valence-electron chi connectivity index (χ4n) is 1.88. The third-order valence-electron chi connectivity index (χ3n) is 3.81. The molecule has 1 aliphatic carbocycles.